The third kappa shape index (κ3) is 6.58. The summed E-state index contributed by atoms with van der Waals surface area (Å²) in [5, 5.41) is 2.79. The number of ether oxygens (including phenoxy) is 1. The molecule has 0 unspecified atom stereocenters. The lowest BCUT2D eigenvalue weighted by molar-refractivity contribution is -0.127. The van der Waals surface area contributed by atoms with E-state index in [4.69, 9.17) is 4.74 Å². The van der Waals surface area contributed by atoms with Gasteiger partial charge < -0.3 is 10.1 Å². The summed E-state index contributed by atoms with van der Waals surface area (Å²) in [6.45, 7) is 9.77. The predicted molar refractivity (Wildman–Crippen MR) is 89.8 cm³/mol. The van der Waals surface area contributed by atoms with E-state index in [1.54, 1.807) is 32.9 Å². The zero-order chi connectivity index (χ0) is 17.6. The highest BCUT2D eigenvalue weighted by Crippen LogP contribution is 2.17. The number of carbonyl (C=O) groups is 1. The topological polar surface area (TPSA) is 84.5 Å². The van der Waals surface area contributed by atoms with E-state index in [-0.39, 0.29) is 16.8 Å². The molecule has 0 aliphatic rings. The third-order valence-corrected chi connectivity index (χ3v) is 4.57. The number of amides is 1. The molecule has 23 heavy (non-hydrogen) atoms. The van der Waals surface area contributed by atoms with Crippen molar-refractivity contribution in [2.45, 2.75) is 51.7 Å². The molecule has 0 aromatic heterocycles. The number of sulfonamides is 1. The summed E-state index contributed by atoms with van der Waals surface area (Å²) >= 11 is 0. The van der Waals surface area contributed by atoms with Crippen LogP contribution >= 0.6 is 0 Å². The van der Waals surface area contributed by atoms with Gasteiger partial charge in [-0.05, 0) is 51.0 Å². The Bertz CT molecular complexity index is 609. The van der Waals surface area contributed by atoms with Crippen molar-refractivity contribution in [3.05, 3.63) is 24.3 Å². The maximum Gasteiger partial charge on any atom is 0.260 e. The number of benzene rings is 1. The Labute approximate surface area is 138 Å². The lowest BCUT2D eigenvalue weighted by Gasteiger charge is -2.16. The van der Waals surface area contributed by atoms with Crippen molar-refractivity contribution in [2.24, 2.45) is 5.92 Å². The number of hydrogen-bond donors (Lipinski definition) is 2. The molecule has 0 saturated heterocycles. The van der Waals surface area contributed by atoms with E-state index in [0.29, 0.717) is 18.2 Å². The first-order valence-corrected chi connectivity index (χ1v) is 9.17. The van der Waals surface area contributed by atoms with Gasteiger partial charge in [-0.1, -0.05) is 13.8 Å². The van der Waals surface area contributed by atoms with Gasteiger partial charge in [0.25, 0.3) is 5.91 Å². The summed E-state index contributed by atoms with van der Waals surface area (Å²) in [7, 11) is -3.52. The van der Waals surface area contributed by atoms with Crippen LogP contribution in [0, 0.1) is 5.92 Å². The zero-order valence-corrected chi connectivity index (χ0v) is 15.1. The Hall–Kier alpha value is -1.60. The van der Waals surface area contributed by atoms with Gasteiger partial charge in [-0.25, -0.2) is 13.1 Å². The summed E-state index contributed by atoms with van der Waals surface area (Å²) in [6.07, 6.45) is -0.648. The van der Waals surface area contributed by atoms with E-state index in [2.05, 4.69) is 10.0 Å². The van der Waals surface area contributed by atoms with Crippen LogP contribution in [0.4, 0.5) is 0 Å². The molecule has 1 atom stereocenters. The van der Waals surface area contributed by atoms with Crippen LogP contribution in [0.5, 0.6) is 5.75 Å². The highest BCUT2D eigenvalue weighted by molar-refractivity contribution is 7.89. The molecule has 1 amide bonds. The highest BCUT2D eigenvalue weighted by Gasteiger charge is 2.17. The van der Waals surface area contributed by atoms with Gasteiger partial charge in [0.15, 0.2) is 6.10 Å². The molecule has 7 heteroatoms. The Morgan fingerprint density at radius 1 is 1.09 bits per heavy atom. The van der Waals surface area contributed by atoms with Gasteiger partial charge in [-0.3, -0.25) is 4.79 Å². The Morgan fingerprint density at radius 2 is 1.65 bits per heavy atom. The van der Waals surface area contributed by atoms with E-state index >= 15 is 0 Å². The van der Waals surface area contributed by atoms with E-state index < -0.39 is 16.1 Å². The molecule has 0 heterocycles. The normalized spacial score (nSPS) is 13.2. The second-order valence-corrected chi connectivity index (χ2v) is 7.86. The van der Waals surface area contributed by atoms with E-state index in [9.17, 15) is 13.2 Å². The molecule has 0 saturated carbocycles. The van der Waals surface area contributed by atoms with Crippen LogP contribution in [0.1, 0.15) is 34.6 Å². The Morgan fingerprint density at radius 3 is 2.13 bits per heavy atom. The fraction of sp³-hybridized carbons (Fsp3) is 0.562. The zero-order valence-electron chi connectivity index (χ0n) is 14.3. The maximum absolute atomic E-state index is 12.0. The maximum atomic E-state index is 12.0. The largest absolute Gasteiger partial charge is 0.481 e. The third-order valence-electron chi connectivity index (χ3n) is 2.89. The van der Waals surface area contributed by atoms with E-state index in [1.807, 2.05) is 13.8 Å². The average Bonchev–Trinajstić information content (AvgIpc) is 2.43. The molecular weight excluding hydrogens is 316 g/mol. The summed E-state index contributed by atoms with van der Waals surface area (Å²) in [4.78, 5) is 12.0. The minimum atomic E-state index is -3.52. The molecule has 2 N–H and O–H groups in total. The molecule has 0 fully saturated rings. The molecular formula is C16H26N2O4S. The summed E-state index contributed by atoms with van der Waals surface area (Å²) in [5.74, 6) is 0.613. The van der Waals surface area contributed by atoms with Crippen molar-refractivity contribution in [3.8, 4) is 5.75 Å². The SMILES string of the molecule is CC(C)CNC(=O)[C@@H](C)Oc1ccc(S(=O)(=O)NC(C)C)cc1. The smallest absolute Gasteiger partial charge is 0.260 e. The van der Waals surface area contributed by atoms with Gasteiger partial charge in [0.1, 0.15) is 5.75 Å². The van der Waals surface area contributed by atoms with Crippen molar-refractivity contribution >= 4 is 15.9 Å². The van der Waals surface area contributed by atoms with Gasteiger partial charge in [-0.2, -0.15) is 0 Å². The lowest BCUT2D eigenvalue weighted by atomic mass is 10.2. The second kappa shape index (κ2) is 8.31. The first-order chi connectivity index (χ1) is 10.6. The summed E-state index contributed by atoms with van der Waals surface area (Å²) in [5.41, 5.74) is 0. The van der Waals surface area contributed by atoms with Crippen molar-refractivity contribution in [2.75, 3.05) is 6.54 Å². The van der Waals surface area contributed by atoms with Gasteiger partial charge in [0.2, 0.25) is 10.0 Å². The molecule has 0 aliphatic heterocycles. The highest BCUT2D eigenvalue weighted by atomic mass is 32.2. The fourth-order valence-electron chi connectivity index (χ4n) is 1.78. The van der Waals surface area contributed by atoms with E-state index in [1.165, 1.54) is 12.1 Å². The fourth-order valence-corrected chi connectivity index (χ4v) is 3.03. The van der Waals surface area contributed by atoms with Gasteiger partial charge in [0.05, 0.1) is 4.90 Å². The molecule has 130 valence electrons. The Balaban J connectivity index is 2.69. The standard InChI is InChI=1S/C16H26N2O4S/c1-11(2)10-17-16(19)13(5)22-14-6-8-15(9-7-14)23(20,21)18-12(3)4/h6-9,11-13,18H,10H2,1-5H3,(H,17,19)/t13-/m1/s1. The summed E-state index contributed by atoms with van der Waals surface area (Å²) in [6, 6.07) is 5.82. The average molecular weight is 342 g/mol. The molecule has 1 aromatic carbocycles. The van der Waals surface area contributed by atoms with Crippen LogP contribution in [0.3, 0.4) is 0 Å². The Kier molecular flexibility index (Phi) is 7.02. The quantitative estimate of drug-likeness (QED) is 0.756. The second-order valence-electron chi connectivity index (χ2n) is 6.15. The van der Waals surface area contributed by atoms with Crippen LogP contribution in [-0.2, 0) is 14.8 Å². The van der Waals surface area contributed by atoms with Crippen LogP contribution in [0.2, 0.25) is 0 Å². The van der Waals surface area contributed by atoms with Gasteiger partial charge >= 0.3 is 0 Å². The van der Waals surface area contributed by atoms with E-state index in [0.717, 1.165) is 0 Å². The van der Waals surface area contributed by atoms with Gasteiger partial charge in [-0.15, -0.1) is 0 Å². The monoisotopic (exact) mass is 342 g/mol. The first kappa shape index (κ1) is 19.4. The molecule has 0 radical (unpaired) electrons. The molecule has 0 bridgehead atoms. The molecule has 0 aliphatic carbocycles. The molecule has 1 rings (SSSR count). The molecule has 0 spiro atoms. The number of carbonyl (C=O) groups excluding carboxylic acids is 1. The van der Waals surface area contributed by atoms with Crippen molar-refractivity contribution < 1.29 is 17.9 Å². The van der Waals surface area contributed by atoms with Crippen LogP contribution in [-0.4, -0.2) is 33.0 Å². The number of nitrogens with one attached hydrogen (secondary N) is 2. The summed E-state index contributed by atoms with van der Waals surface area (Å²) < 4.78 is 32.1. The van der Waals surface area contributed by atoms with Crippen LogP contribution < -0.4 is 14.8 Å². The van der Waals surface area contributed by atoms with Crippen LogP contribution in [0.25, 0.3) is 0 Å². The molecule has 1 aromatic rings. The van der Waals surface area contributed by atoms with Crippen molar-refractivity contribution in [1.29, 1.82) is 0 Å². The lowest BCUT2D eigenvalue weighted by Crippen LogP contribution is -2.38. The van der Waals surface area contributed by atoms with Crippen LogP contribution in [0.15, 0.2) is 29.2 Å². The minimum Gasteiger partial charge on any atom is -0.481 e. The molecule has 6 nitrogen and oxygen atoms in total. The predicted octanol–water partition coefficient (Wildman–Crippen LogP) is 1.91. The minimum absolute atomic E-state index is 0.162. The van der Waals surface area contributed by atoms with Crippen molar-refractivity contribution in [1.82, 2.24) is 10.0 Å². The van der Waals surface area contributed by atoms with Crippen molar-refractivity contribution in [3.63, 3.8) is 0 Å². The number of hydrogen-bond acceptors (Lipinski definition) is 4. The first-order valence-electron chi connectivity index (χ1n) is 7.68. The van der Waals surface area contributed by atoms with Gasteiger partial charge in [0, 0.05) is 12.6 Å². The number of rotatable bonds is 8.